The van der Waals surface area contributed by atoms with Gasteiger partial charge in [0.2, 0.25) is 0 Å². The average molecular weight is 350 g/mol. The molecule has 0 spiro atoms. The number of rotatable bonds is 15. The van der Waals surface area contributed by atoms with Crippen LogP contribution in [-0.4, -0.2) is 78.5 Å². The zero-order chi connectivity index (χ0) is 18.4. The number of carbonyl (C=O) groups is 3. The van der Waals surface area contributed by atoms with E-state index in [4.69, 9.17) is 24.4 Å². The molecule has 138 valence electrons. The fourth-order valence-corrected chi connectivity index (χ4v) is 1.48. The number of hydrogen-bond donors (Lipinski definition) is 3. The van der Waals surface area contributed by atoms with Gasteiger partial charge in [-0.15, -0.1) is 0 Å². The van der Waals surface area contributed by atoms with Gasteiger partial charge in [-0.05, 0) is 0 Å². The normalized spacial score (nSPS) is 12.9. The Kier molecular flexibility index (Phi) is 11.2. The highest BCUT2D eigenvalue weighted by Crippen LogP contribution is 2.16. The molecule has 0 aromatic heterocycles. The number of carboxylic acids is 2. The van der Waals surface area contributed by atoms with Crippen molar-refractivity contribution in [3.8, 4) is 0 Å². The number of ether oxygens (including phenoxy) is 4. The van der Waals surface area contributed by atoms with Gasteiger partial charge in [-0.3, -0.25) is 9.59 Å². The lowest BCUT2D eigenvalue weighted by Gasteiger charge is -2.20. The summed E-state index contributed by atoms with van der Waals surface area (Å²) in [5.74, 6) is -4.40. The maximum absolute atomic E-state index is 11.4. The second-order valence-corrected chi connectivity index (χ2v) is 4.57. The number of hydrogen-bond acceptors (Lipinski definition) is 8. The van der Waals surface area contributed by atoms with Gasteiger partial charge in [-0.1, -0.05) is 6.58 Å². The number of esters is 1. The number of aliphatic hydroxyl groups is 1. The van der Waals surface area contributed by atoms with E-state index in [9.17, 15) is 19.5 Å². The molecule has 0 aliphatic rings. The highest BCUT2D eigenvalue weighted by molar-refractivity contribution is 5.88. The topological polar surface area (TPSA) is 149 Å². The van der Waals surface area contributed by atoms with E-state index in [0.717, 1.165) is 0 Å². The zero-order valence-corrected chi connectivity index (χ0v) is 13.1. The molecule has 0 rings (SSSR count). The second-order valence-electron chi connectivity index (χ2n) is 4.57. The van der Waals surface area contributed by atoms with E-state index in [1.165, 1.54) is 6.26 Å². The van der Waals surface area contributed by atoms with E-state index >= 15 is 0 Å². The Labute approximate surface area is 138 Å². The molecule has 1 atom stereocenters. The number of carboxylic acid groups (broad SMARTS) is 2. The average Bonchev–Trinajstić information content (AvgIpc) is 2.48. The minimum atomic E-state index is -2.70. The molecule has 0 saturated heterocycles. The molecule has 1 unspecified atom stereocenters. The lowest BCUT2D eigenvalue weighted by atomic mass is 9.96. The summed E-state index contributed by atoms with van der Waals surface area (Å²) >= 11 is 0. The van der Waals surface area contributed by atoms with Crippen molar-refractivity contribution < 1.29 is 48.7 Å². The van der Waals surface area contributed by atoms with Gasteiger partial charge in [0.1, 0.15) is 13.2 Å². The third-order valence-corrected chi connectivity index (χ3v) is 2.60. The van der Waals surface area contributed by atoms with Crippen LogP contribution < -0.4 is 0 Å². The standard InChI is InChI=1S/C14H22O10/c1-2-21-3-4-22-5-6-23-7-8-24-12(17)10-14(20,13(18)19)9-11(15)16/h2,20H,1,3-10H2,(H,15,16)(H,18,19). The van der Waals surface area contributed by atoms with Crippen LogP contribution in [-0.2, 0) is 33.3 Å². The van der Waals surface area contributed by atoms with Gasteiger partial charge in [0.05, 0.1) is 45.5 Å². The molecule has 0 aliphatic carbocycles. The number of aliphatic carboxylic acids is 2. The summed E-state index contributed by atoms with van der Waals surface area (Å²) in [6, 6.07) is 0. The van der Waals surface area contributed by atoms with Crippen molar-refractivity contribution in [2.24, 2.45) is 0 Å². The summed E-state index contributed by atoms with van der Waals surface area (Å²) in [7, 11) is 0. The van der Waals surface area contributed by atoms with Crippen LogP contribution in [0.4, 0.5) is 0 Å². The molecule has 0 radical (unpaired) electrons. The molecule has 0 fully saturated rings. The first-order chi connectivity index (χ1) is 11.3. The fourth-order valence-electron chi connectivity index (χ4n) is 1.48. The minimum Gasteiger partial charge on any atom is -0.499 e. The first kappa shape index (κ1) is 21.8. The molecular formula is C14H22O10. The van der Waals surface area contributed by atoms with Crippen molar-refractivity contribution in [3.63, 3.8) is 0 Å². The van der Waals surface area contributed by atoms with Crippen LogP contribution in [0.3, 0.4) is 0 Å². The van der Waals surface area contributed by atoms with E-state index in [-0.39, 0.29) is 19.8 Å². The maximum atomic E-state index is 11.4. The van der Waals surface area contributed by atoms with Gasteiger partial charge in [0.15, 0.2) is 5.60 Å². The molecule has 3 N–H and O–H groups in total. The molecule has 0 heterocycles. The van der Waals surface area contributed by atoms with Crippen molar-refractivity contribution in [2.45, 2.75) is 18.4 Å². The van der Waals surface area contributed by atoms with Gasteiger partial charge in [-0.25, -0.2) is 4.79 Å². The highest BCUT2D eigenvalue weighted by atomic mass is 16.6. The van der Waals surface area contributed by atoms with Crippen LogP contribution in [0.1, 0.15) is 12.8 Å². The predicted molar refractivity (Wildman–Crippen MR) is 78.2 cm³/mol. The fraction of sp³-hybridized carbons (Fsp3) is 0.643. The summed E-state index contributed by atoms with van der Waals surface area (Å²) in [4.78, 5) is 32.8. The molecule has 0 aromatic carbocycles. The molecule has 0 bridgehead atoms. The molecule has 0 aromatic rings. The monoisotopic (exact) mass is 350 g/mol. The summed E-state index contributed by atoms with van der Waals surface area (Å²) in [5.41, 5.74) is -2.70. The SMILES string of the molecule is C=COCCOCCOCCOC(=O)CC(O)(CC(=O)O)C(=O)O. The third kappa shape index (κ3) is 10.5. The molecular weight excluding hydrogens is 328 g/mol. The van der Waals surface area contributed by atoms with Crippen molar-refractivity contribution >= 4 is 17.9 Å². The maximum Gasteiger partial charge on any atom is 0.336 e. The van der Waals surface area contributed by atoms with Gasteiger partial charge in [0, 0.05) is 0 Å². The van der Waals surface area contributed by atoms with Crippen LogP contribution >= 0.6 is 0 Å². The van der Waals surface area contributed by atoms with Crippen LogP contribution in [0.15, 0.2) is 12.8 Å². The second kappa shape index (κ2) is 12.3. The first-order valence-corrected chi connectivity index (χ1v) is 7.03. The van der Waals surface area contributed by atoms with E-state index in [1.54, 1.807) is 0 Å². The largest absolute Gasteiger partial charge is 0.499 e. The summed E-state index contributed by atoms with van der Waals surface area (Å²) in [5, 5.41) is 27.0. The molecule has 10 heteroatoms. The van der Waals surface area contributed by atoms with Gasteiger partial charge in [-0.2, -0.15) is 0 Å². The lowest BCUT2D eigenvalue weighted by molar-refractivity contribution is -0.172. The van der Waals surface area contributed by atoms with Crippen molar-refractivity contribution in [2.75, 3.05) is 39.6 Å². The minimum absolute atomic E-state index is 0.0443. The Bertz CT molecular complexity index is 422. The third-order valence-electron chi connectivity index (χ3n) is 2.60. The predicted octanol–water partition coefficient (Wildman–Crippen LogP) is -0.597. The van der Waals surface area contributed by atoms with E-state index in [1.807, 2.05) is 0 Å². The van der Waals surface area contributed by atoms with Crippen LogP contribution in [0.5, 0.6) is 0 Å². The van der Waals surface area contributed by atoms with E-state index < -0.39 is 36.4 Å². The molecule has 0 aliphatic heterocycles. The smallest absolute Gasteiger partial charge is 0.336 e. The van der Waals surface area contributed by atoms with Crippen LogP contribution in [0, 0.1) is 0 Å². The molecule has 10 nitrogen and oxygen atoms in total. The quantitative estimate of drug-likeness (QED) is 0.198. The van der Waals surface area contributed by atoms with Crippen molar-refractivity contribution in [3.05, 3.63) is 12.8 Å². The Morgan fingerprint density at radius 1 is 0.917 bits per heavy atom. The summed E-state index contributed by atoms with van der Waals surface area (Å²) in [6.45, 7) is 4.57. The first-order valence-electron chi connectivity index (χ1n) is 7.03. The molecule has 0 saturated carbocycles. The van der Waals surface area contributed by atoms with Crippen molar-refractivity contribution in [1.82, 2.24) is 0 Å². The summed E-state index contributed by atoms with van der Waals surface area (Å²) < 4.78 is 19.7. The van der Waals surface area contributed by atoms with E-state index in [2.05, 4.69) is 11.3 Å². The van der Waals surface area contributed by atoms with Crippen molar-refractivity contribution in [1.29, 1.82) is 0 Å². The number of carbonyl (C=O) groups excluding carboxylic acids is 1. The van der Waals surface area contributed by atoms with E-state index in [0.29, 0.717) is 19.8 Å². The molecule has 24 heavy (non-hydrogen) atoms. The van der Waals surface area contributed by atoms with Crippen LogP contribution in [0.2, 0.25) is 0 Å². The Morgan fingerprint density at radius 2 is 1.46 bits per heavy atom. The van der Waals surface area contributed by atoms with Crippen LogP contribution in [0.25, 0.3) is 0 Å². The van der Waals surface area contributed by atoms with Gasteiger partial charge < -0.3 is 34.3 Å². The summed E-state index contributed by atoms with van der Waals surface area (Å²) in [6.07, 6.45) is -0.780. The Morgan fingerprint density at radius 3 is 1.96 bits per heavy atom. The van der Waals surface area contributed by atoms with Gasteiger partial charge >= 0.3 is 17.9 Å². The molecule has 0 amide bonds. The lowest BCUT2D eigenvalue weighted by Crippen LogP contribution is -2.43. The van der Waals surface area contributed by atoms with Gasteiger partial charge in [0.25, 0.3) is 0 Å². The Hall–Kier alpha value is -2.17. The zero-order valence-electron chi connectivity index (χ0n) is 13.1. The highest BCUT2D eigenvalue weighted by Gasteiger charge is 2.41. The Balaban J connectivity index is 3.80.